The second-order valence-electron chi connectivity index (χ2n) is 13.8. The Kier molecular flexibility index (Phi) is 5.14. The van der Waals surface area contributed by atoms with Gasteiger partial charge in [-0.25, -0.2) is 0 Å². The van der Waals surface area contributed by atoms with E-state index < -0.39 is 0 Å². The molecule has 0 amide bonds. The van der Waals surface area contributed by atoms with Crippen LogP contribution in [0, 0.1) is 0 Å². The summed E-state index contributed by atoms with van der Waals surface area (Å²) >= 11 is 0. The Morgan fingerprint density at radius 1 is 0.455 bits per heavy atom. The molecule has 0 bridgehead atoms. The lowest BCUT2D eigenvalue weighted by Crippen LogP contribution is -2.29. The lowest BCUT2D eigenvalue weighted by molar-refractivity contribution is 0.596. The minimum Gasteiger partial charge on any atom is -0.309 e. The molecular formula is C43H35N. The van der Waals surface area contributed by atoms with Crippen LogP contribution >= 0.6 is 0 Å². The zero-order valence-electron chi connectivity index (χ0n) is 25.7. The summed E-state index contributed by atoms with van der Waals surface area (Å²) in [7, 11) is 0. The number of fused-ring (bicyclic) bond motifs is 8. The fourth-order valence-corrected chi connectivity index (χ4v) is 8.56. The summed E-state index contributed by atoms with van der Waals surface area (Å²) in [6.07, 6.45) is 0. The number of benzene rings is 6. The summed E-state index contributed by atoms with van der Waals surface area (Å²) in [4.78, 5) is 0. The van der Waals surface area contributed by atoms with Crippen molar-refractivity contribution >= 4 is 21.8 Å². The Balaban J connectivity index is 1.27. The van der Waals surface area contributed by atoms with Gasteiger partial charge in [0.2, 0.25) is 0 Å². The molecule has 0 radical (unpaired) electrons. The maximum absolute atomic E-state index is 2.53. The summed E-state index contributed by atoms with van der Waals surface area (Å²) in [5, 5.41) is 2.63. The van der Waals surface area contributed by atoms with Crippen LogP contribution < -0.4 is 0 Å². The molecule has 0 saturated carbocycles. The zero-order valence-corrected chi connectivity index (χ0v) is 25.7. The summed E-state index contributed by atoms with van der Waals surface area (Å²) in [5.74, 6) is 0.214. The Morgan fingerprint density at radius 3 is 1.77 bits per heavy atom. The SMILES string of the molecule is CC1(C)c2cc(C3c4ccccc4C(C)(C)c4ccccc43)ccc2-c2cc3c(cc21)c1ccccc1n3-c1ccccc1. The van der Waals surface area contributed by atoms with Crippen molar-refractivity contribution in [3.8, 4) is 16.8 Å². The standard InChI is InChI=1S/C43H35N/c1-42(2)35-19-11-8-17-31(35)41(32-18-9-12-20-36(32)42)27-22-23-29-33-26-40-34(25-38(33)43(3,4)37(29)24-27)30-16-10-13-21-39(30)44(40)28-14-6-5-7-15-28/h5-26,41H,1-4H3. The molecular weight excluding hydrogens is 530 g/mol. The number of hydrogen-bond donors (Lipinski definition) is 0. The molecule has 1 heteroatoms. The monoisotopic (exact) mass is 565 g/mol. The van der Waals surface area contributed by atoms with E-state index in [4.69, 9.17) is 0 Å². The van der Waals surface area contributed by atoms with Gasteiger partial charge in [-0.1, -0.05) is 131 Å². The van der Waals surface area contributed by atoms with E-state index in [9.17, 15) is 0 Å². The molecule has 2 aliphatic rings. The number of nitrogens with zero attached hydrogens (tertiary/aromatic N) is 1. The predicted molar refractivity (Wildman–Crippen MR) is 184 cm³/mol. The smallest absolute Gasteiger partial charge is 0.0547 e. The topological polar surface area (TPSA) is 4.93 Å². The van der Waals surface area contributed by atoms with Crippen molar-refractivity contribution in [2.45, 2.75) is 44.4 Å². The average molecular weight is 566 g/mol. The summed E-state index contributed by atoms with van der Waals surface area (Å²) in [6, 6.07) is 50.1. The number of para-hydroxylation sites is 2. The van der Waals surface area contributed by atoms with Crippen LogP contribution in [0.25, 0.3) is 38.6 Å². The first kappa shape index (κ1) is 25.6. The van der Waals surface area contributed by atoms with Crippen molar-refractivity contribution < 1.29 is 0 Å². The first-order chi connectivity index (χ1) is 21.4. The molecule has 0 N–H and O–H groups in total. The lowest BCUT2D eigenvalue weighted by Gasteiger charge is -2.40. The second kappa shape index (κ2) is 8.83. The minimum absolute atomic E-state index is 0.0304. The molecule has 0 aliphatic heterocycles. The van der Waals surface area contributed by atoms with Gasteiger partial charge in [-0.3, -0.25) is 0 Å². The lowest BCUT2D eigenvalue weighted by atomic mass is 9.63. The maximum atomic E-state index is 2.53. The van der Waals surface area contributed by atoms with Gasteiger partial charge < -0.3 is 4.57 Å². The van der Waals surface area contributed by atoms with E-state index in [1.54, 1.807) is 0 Å². The van der Waals surface area contributed by atoms with E-state index in [1.165, 1.54) is 77.6 Å². The third-order valence-corrected chi connectivity index (χ3v) is 10.7. The molecule has 9 rings (SSSR count). The van der Waals surface area contributed by atoms with Crippen LogP contribution in [0.3, 0.4) is 0 Å². The molecule has 0 unspecified atom stereocenters. The molecule has 0 fully saturated rings. The molecule has 1 heterocycles. The summed E-state index contributed by atoms with van der Waals surface area (Å²) < 4.78 is 2.43. The highest BCUT2D eigenvalue weighted by Crippen LogP contribution is 2.54. The van der Waals surface area contributed by atoms with E-state index in [0.29, 0.717) is 0 Å². The van der Waals surface area contributed by atoms with Gasteiger partial charge in [0.15, 0.2) is 0 Å². The molecule has 0 atom stereocenters. The second-order valence-corrected chi connectivity index (χ2v) is 13.8. The maximum Gasteiger partial charge on any atom is 0.0547 e. The van der Waals surface area contributed by atoms with Crippen LogP contribution in [0.5, 0.6) is 0 Å². The minimum atomic E-state index is -0.113. The number of hydrogen-bond acceptors (Lipinski definition) is 0. The number of rotatable bonds is 2. The molecule has 212 valence electrons. The quantitative estimate of drug-likeness (QED) is 0.196. The van der Waals surface area contributed by atoms with Crippen LogP contribution in [-0.4, -0.2) is 4.57 Å². The van der Waals surface area contributed by atoms with Crippen molar-refractivity contribution in [1.29, 1.82) is 0 Å². The van der Waals surface area contributed by atoms with Crippen molar-refractivity contribution in [3.05, 3.63) is 172 Å². The van der Waals surface area contributed by atoms with E-state index in [-0.39, 0.29) is 16.7 Å². The van der Waals surface area contributed by atoms with Crippen molar-refractivity contribution in [3.63, 3.8) is 0 Å². The first-order valence-corrected chi connectivity index (χ1v) is 15.8. The highest BCUT2D eigenvalue weighted by atomic mass is 15.0. The van der Waals surface area contributed by atoms with Crippen LogP contribution in [0.1, 0.15) is 72.6 Å². The predicted octanol–water partition coefficient (Wildman–Crippen LogP) is 10.9. The normalized spacial score (nSPS) is 16.0. The molecule has 0 saturated heterocycles. The van der Waals surface area contributed by atoms with Gasteiger partial charge in [-0.05, 0) is 80.4 Å². The summed E-state index contributed by atoms with van der Waals surface area (Å²) in [6.45, 7) is 9.57. The fourth-order valence-electron chi connectivity index (χ4n) is 8.56. The largest absolute Gasteiger partial charge is 0.309 e. The van der Waals surface area contributed by atoms with Crippen molar-refractivity contribution in [2.75, 3.05) is 0 Å². The average Bonchev–Trinajstić information content (AvgIpc) is 3.49. The molecule has 1 nitrogen and oxygen atoms in total. The van der Waals surface area contributed by atoms with Crippen molar-refractivity contribution in [1.82, 2.24) is 4.57 Å². The Morgan fingerprint density at radius 2 is 1.05 bits per heavy atom. The van der Waals surface area contributed by atoms with E-state index in [2.05, 4.69) is 166 Å². The molecule has 44 heavy (non-hydrogen) atoms. The van der Waals surface area contributed by atoms with Crippen LogP contribution in [-0.2, 0) is 10.8 Å². The van der Waals surface area contributed by atoms with Crippen LogP contribution in [0.15, 0.2) is 133 Å². The zero-order chi connectivity index (χ0) is 29.8. The molecule has 1 aromatic heterocycles. The Hall–Kier alpha value is -4.88. The third-order valence-electron chi connectivity index (χ3n) is 10.7. The van der Waals surface area contributed by atoms with Gasteiger partial charge >= 0.3 is 0 Å². The van der Waals surface area contributed by atoms with Gasteiger partial charge in [-0.15, -0.1) is 0 Å². The van der Waals surface area contributed by atoms with Crippen LogP contribution in [0.4, 0.5) is 0 Å². The molecule has 6 aromatic carbocycles. The van der Waals surface area contributed by atoms with Gasteiger partial charge in [-0.2, -0.15) is 0 Å². The van der Waals surface area contributed by atoms with E-state index in [1.807, 2.05) is 0 Å². The van der Waals surface area contributed by atoms with Gasteiger partial charge in [0.1, 0.15) is 0 Å². The highest BCUT2D eigenvalue weighted by molar-refractivity contribution is 6.11. The molecule has 0 spiro atoms. The third kappa shape index (κ3) is 3.30. The van der Waals surface area contributed by atoms with Gasteiger partial charge in [0.25, 0.3) is 0 Å². The summed E-state index contributed by atoms with van der Waals surface area (Å²) in [5.41, 5.74) is 16.2. The Labute approximate surface area is 259 Å². The molecule has 2 aliphatic carbocycles. The van der Waals surface area contributed by atoms with Crippen LogP contribution in [0.2, 0.25) is 0 Å². The van der Waals surface area contributed by atoms with E-state index >= 15 is 0 Å². The van der Waals surface area contributed by atoms with Crippen molar-refractivity contribution in [2.24, 2.45) is 0 Å². The van der Waals surface area contributed by atoms with Gasteiger partial charge in [0, 0.05) is 33.2 Å². The Bertz CT molecular complexity index is 2230. The fraction of sp³-hybridized carbons (Fsp3) is 0.163. The molecule has 7 aromatic rings. The number of aromatic nitrogens is 1. The first-order valence-electron chi connectivity index (χ1n) is 15.8. The highest BCUT2D eigenvalue weighted by Gasteiger charge is 2.40. The van der Waals surface area contributed by atoms with E-state index in [0.717, 1.165) is 0 Å². The van der Waals surface area contributed by atoms with Gasteiger partial charge in [0.05, 0.1) is 11.0 Å².